The van der Waals surface area contributed by atoms with Crippen molar-refractivity contribution in [3.05, 3.63) is 0 Å². The molecule has 0 amide bonds. The van der Waals surface area contributed by atoms with Gasteiger partial charge in [-0.1, -0.05) is 41.5 Å². The fourth-order valence-corrected chi connectivity index (χ4v) is 4.33. The van der Waals surface area contributed by atoms with E-state index in [0.717, 1.165) is 0 Å². The second kappa shape index (κ2) is 7.08. The standard InChI is InChI=1S/C17H37FO4Si2/c1-16(2,3)23(7,8)20-11-12-14(13(18)15(19)21-12)22-24(9,10)17(4,5)6/h12-15,19H,11H2,1-10H3/t12-,13+,14?,15?/m1/s1. The molecule has 1 heterocycles. The van der Waals surface area contributed by atoms with Gasteiger partial charge >= 0.3 is 0 Å². The molecule has 0 saturated carbocycles. The molecule has 0 spiro atoms. The van der Waals surface area contributed by atoms with Gasteiger partial charge in [-0.2, -0.15) is 0 Å². The maximum atomic E-state index is 14.5. The van der Waals surface area contributed by atoms with E-state index in [2.05, 4.69) is 67.7 Å². The molecule has 24 heavy (non-hydrogen) atoms. The third-order valence-corrected chi connectivity index (χ3v) is 14.9. The summed E-state index contributed by atoms with van der Waals surface area (Å²) in [5, 5.41) is 9.85. The SMILES string of the molecule is CC(C)(C)[Si](C)(C)OC[C@H]1OC(O)[C@@H](F)C1O[Si](C)(C)C(C)(C)C. The number of rotatable bonds is 5. The Kier molecular flexibility index (Phi) is 6.56. The van der Waals surface area contributed by atoms with Crippen molar-refractivity contribution in [3.63, 3.8) is 0 Å². The van der Waals surface area contributed by atoms with E-state index < -0.39 is 41.3 Å². The quantitative estimate of drug-likeness (QED) is 0.716. The Balaban J connectivity index is 2.86. The summed E-state index contributed by atoms with van der Waals surface area (Å²) in [6, 6.07) is 0. The van der Waals surface area contributed by atoms with Crippen molar-refractivity contribution in [3.8, 4) is 0 Å². The number of alkyl halides is 1. The molecule has 0 radical (unpaired) electrons. The third-order valence-electron chi connectivity index (χ3n) is 5.92. The van der Waals surface area contributed by atoms with Crippen LogP contribution in [0.5, 0.6) is 0 Å². The van der Waals surface area contributed by atoms with Crippen molar-refractivity contribution in [2.24, 2.45) is 0 Å². The number of aliphatic hydroxyl groups excluding tert-OH is 1. The summed E-state index contributed by atoms with van der Waals surface area (Å²) in [5.41, 5.74) is 0. The van der Waals surface area contributed by atoms with E-state index in [4.69, 9.17) is 13.6 Å². The van der Waals surface area contributed by atoms with Gasteiger partial charge in [-0.15, -0.1) is 0 Å². The van der Waals surface area contributed by atoms with Crippen molar-refractivity contribution < 1.29 is 23.1 Å². The Morgan fingerprint density at radius 1 is 0.958 bits per heavy atom. The van der Waals surface area contributed by atoms with Crippen LogP contribution in [-0.4, -0.2) is 53.0 Å². The lowest BCUT2D eigenvalue weighted by Crippen LogP contribution is -2.50. The zero-order valence-corrected chi connectivity index (χ0v) is 19.1. The van der Waals surface area contributed by atoms with Crippen LogP contribution in [0.4, 0.5) is 4.39 Å². The maximum Gasteiger partial charge on any atom is 0.192 e. The van der Waals surface area contributed by atoms with E-state index in [1.807, 2.05) is 0 Å². The zero-order valence-electron chi connectivity index (χ0n) is 17.1. The minimum absolute atomic E-state index is 0.0366. The Hall–Kier alpha value is 0.204. The van der Waals surface area contributed by atoms with E-state index in [0.29, 0.717) is 0 Å². The second-order valence-corrected chi connectivity index (χ2v) is 19.5. The molecule has 1 N–H and O–H groups in total. The number of halogens is 1. The van der Waals surface area contributed by atoms with Gasteiger partial charge in [-0.3, -0.25) is 0 Å². The van der Waals surface area contributed by atoms with Gasteiger partial charge < -0.3 is 18.7 Å². The molecule has 0 aliphatic carbocycles. The molecule has 1 aliphatic rings. The molecule has 0 aromatic rings. The van der Waals surface area contributed by atoms with Gasteiger partial charge in [0.2, 0.25) is 0 Å². The first-order chi connectivity index (χ1) is 10.5. The van der Waals surface area contributed by atoms with Crippen molar-refractivity contribution >= 4 is 16.6 Å². The minimum Gasteiger partial charge on any atom is -0.414 e. The molecule has 4 atom stereocenters. The van der Waals surface area contributed by atoms with Crippen LogP contribution in [0.3, 0.4) is 0 Å². The molecule has 1 aliphatic heterocycles. The minimum atomic E-state index is -2.17. The number of aliphatic hydroxyl groups is 1. The van der Waals surface area contributed by atoms with Crippen molar-refractivity contribution in [2.75, 3.05) is 6.61 Å². The highest BCUT2D eigenvalue weighted by Gasteiger charge is 2.51. The monoisotopic (exact) mass is 380 g/mol. The first-order valence-electron chi connectivity index (χ1n) is 8.79. The summed E-state index contributed by atoms with van der Waals surface area (Å²) in [6.45, 7) is 21.5. The topological polar surface area (TPSA) is 47.9 Å². The third kappa shape index (κ3) is 4.89. The van der Waals surface area contributed by atoms with E-state index >= 15 is 0 Å². The van der Waals surface area contributed by atoms with Gasteiger partial charge in [0.1, 0.15) is 12.2 Å². The van der Waals surface area contributed by atoms with E-state index in [9.17, 15) is 9.50 Å². The fourth-order valence-electron chi connectivity index (χ4n) is 2.00. The molecule has 0 aromatic heterocycles. The van der Waals surface area contributed by atoms with Gasteiger partial charge in [0.25, 0.3) is 0 Å². The summed E-state index contributed by atoms with van der Waals surface area (Å²) >= 11 is 0. The lowest BCUT2D eigenvalue weighted by molar-refractivity contribution is -0.119. The zero-order chi connectivity index (χ0) is 19.1. The number of ether oxygens (including phenoxy) is 1. The van der Waals surface area contributed by atoms with Crippen LogP contribution in [0.15, 0.2) is 0 Å². The van der Waals surface area contributed by atoms with Gasteiger partial charge in [-0.25, -0.2) is 4.39 Å². The molecule has 4 nitrogen and oxygen atoms in total. The van der Waals surface area contributed by atoms with E-state index in [1.54, 1.807) is 0 Å². The van der Waals surface area contributed by atoms with Gasteiger partial charge in [0, 0.05) is 0 Å². The molecule has 144 valence electrons. The second-order valence-electron chi connectivity index (χ2n) is 9.92. The first-order valence-corrected chi connectivity index (χ1v) is 14.6. The highest BCUT2D eigenvalue weighted by atomic mass is 28.4. The Morgan fingerprint density at radius 3 is 1.83 bits per heavy atom. The lowest BCUT2D eigenvalue weighted by atomic mass is 10.2. The summed E-state index contributed by atoms with van der Waals surface area (Å²) in [7, 11) is -4.14. The summed E-state index contributed by atoms with van der Waals surface area (Å²) in [6.07, 6.45) is -4.32. The van der Waals surface area contributed by atoms with Crippen LogP contribution in [0.1, 0.15) is 41.5 Å². The molecule has 1 saturated heterocycles. The van der Waals surface area contributed by atoms with Gasteiger partial charge in [-0.05, 0) is 36.3 Å². The van der Waals surface area contributed by atoms with E-state index in [-0.39, 0.29) is 16.7 Å². The molecule has 7 heteroatoms. The fraction of sp³-hybridized carbons (Fsp3) is 1.00. The lowest BCUT2D eigenvalue weighted by Gasteiger charge is -2.40. The number of hydrogen-bond donors (Lipinski definition) is 1. The van der Waals surface area contributed by atoms with Gasteiger partial charge in [0.05, 0.1) is 6.61 Å². The Labute approximate surface area is 149 Å². The predicted octanol–water partition coefficient (Wildman–Crippen LogP) is 4.45. The summed E-state index contributed by atoms with van der Waals surface area (Å²) in [4.78, 5) is 0. The van der Waals surface area contributed by atoms with Crippen molar-refractivity contribution in [1.29, 1.82) is 0 Å². The smallest absolute Gasteiger partial charge is 0.192 e. The highest BCUT2D eigenvalue weighted by molar-refractivity contribution is 6.74. The van der Waals surface area contributed by atoms with Crippen LogP contribution in [0.2, 0.25) is 36.3 Å². The van der Waals surface area contributed by atoms with Crippen LogP contribution >= 0.6 is 0 Å². The van der Waals surface area contributed by atoms with Gasteiger partial charge in [0.15, 0.2) is 29.1 Å². The summed E-state index contributed by atoms with van der Waals surface area (Å²) < 4.78 is 32.3. The molecular weight excluding hydrogens is 343 g/mol. The van der Waals surface area contributed by atoms with E-state index in [1.165, 1.54) is 0 Å². The van der Waals surface area contributed by atoms with Crippen LogP contribution in [0, 0.1) is 0 Å². The number of hydrogen-bond acceptors (Lipinski definition) is 4. The molecule has 1 rings (SSSR count). The van der Waals surface area contributed by atoms with Crippen LogP contribution in [-0.2, 0) is 13.6 Å². The molecular formula is C17H37FO4Si2. The van der Waals surface area contributed by atoms with Crippen LogP contribution < -0.4 is 0 Å². The highest BCUT2D eigenvalue weighted by Crippen LogP contribution is 2.41. The molecule has 0 bridgehead atoms. The van der Waals surface area contributed by atoms with Crippen molar-refractivity contribution in [2.45, 2.75) is 102 Å². The Bertz CT molecular complexity index is 429. The normalized spacial score (nSPS) is 30.0. The first kappa shape index (κ1) is 22.2. The predicted molar refractivity (Wildman–Crippen MR) is 101 cm³/mol. The van der Waals surface area contributed by atoms with Crippen LogP contribution in [0.25, 0.3) is 0 Å². The average Bonchev–Trinajstić information content (AvgIpc) is 2.61. The molecule has 1 fully saturated rings. The van der Waals surface area contributed by atoms with Crippen molar-refractivity contribution in [1.82, 2.24) is 0 Å². The Morgan fingerprint density at radius 2 is 1.42 bits per heavy atom. The summed E-state index contributed by atoms with van der Waals surface area (Å²) in [5.74, 6) is 0. The molecule has 2 unspecified atom stereocenters. The maximum absolute atomic E-state index is 14.5. The largest absolute Gasteiger partial charge is 0.414 e. The molecule has 0 aromatic carbocycles. The average molecular weight is 381 g/mol.